The number of hydrogen-bond donors (Lipinski definition) is 2. The van der Waals surface area contributed by atoms with Crippen molar-refractivity contribution in [1.82, 2.24) is 10.2 Å². The minimum absolute atomic E-state index is 0.111. The molecule has 6 heteroatoms. The van der Waals surface area contributed by atoms with Crippen LogP contribution in [0.1, 0.15) is 43.4 Å². The SMILES string of the molecule is CCN1CCC2(CC1)N=C(c1cc(Cl)ccc1O)C[C@H](c1ccc(OC)cc1)N2. The number of aliphatic imine (C=N–C) groups is 1. The second-order valence-corrected chi connectivity index (χ2v) is 8.30. The minimum Gasteiger partial charge on any atom is -0.507 e. The number of hydrogen-bond acceptors (Lipinski definition) is 5. The molecule has 5 nitrogen and oxygen atoms in total. The highest BCUT2D eigenvalue weighted by molar-refractivity contribution is 6.31. The van der Waals surface area contributed by atoms with Gasteiger partial charge in [-0.15, -0.1) is 0 Å². The van der Waals surface area contributed by atoms with Crippen LogP contribution in [0.2, 0.25) is 5.02 Å². The molecule has 1 saturated heterocycles. The van der Waals surface area contributed by atoms with Crippen LogP contribution >= 0.6 is 11.6 Å². The lowest BCUT2D eigenvalue weighted by Crippen LogP contribution is -2.56. The Morgan fingerprint density at radius 2 is 1.93 bits per heavy atom. The van der Waals surface area contributed by atoms with Crippen molar-refractivity contribution in [1.29, 1.82) is 0 Å². The van der Waals surface area contributed by atoms with Gasteiger partial charge in [-0.25, -0.2) is 0 Å². The van der Waals surface area contributed by atoms with Crippen LogP contribution in [0.15, 0.2) is 47.5 Å². The molecule has 2 aromatic carbocycles. The predicted octanol–water partition coefficient (Wildman–Crippen LogP) is 4.39. The summed E-state index contributed by atoms with van der Waals surface area (Å²) in [6.45, 7) is 5.28. The monoisotopic (exact) mass is 413 g/mol. The van der Waals surface area contributed by atoms with E-state index in [0.29, 0.717) is 11.4 Å². The summed E-state index contributed by atoms with van der Waals surface area (Å²) in [6.07, 6.45) is 2.58. The molecule has 2 aromatic rings. The Bertz CT molecular complexity index is 889. The number of benzene rings is 2. The molecule has 1 atom stereocenters. The van der Waals surface area contributed by atoms with Crippen molar-refractivity contribution in [2.75, 3.05) is 26.7 Å². The number of phenols is 1. The molecule has 2 heterocycles. The van der Waals surface area contributed by atoms with Gasteiger partial charge in [-0.3, -0.25) is 10.3 Å². The average Bonchev–Trinajstić information content (AvgIpc) is 2.76. The zero-order chi connectivity index (χ0) is 20.4. The number of methoxy groups -OCH3 is 1. The lowest BCUT2D eigenvalue weighted by molar-refractivity contribution is 0.129. The van der Waals surface area contributed by atoms with Gasteiger partial charge in [0, 0.05) is 41.8 Å². The van der Waals surface area contributed by atoms with E-state index in [4.69, 9.17) is 21.3 Å². The van der Waals surface area contributed by atoms with Gasteiger partial charge in [0.05, 0.1) is 7.11 Å². The first-order chi connectivity index (χ1) is 14.0. The lowest BCUT2D eigenvalue weighted by Gasteiger charge is -2.45. The molecule has 29 heavy (non-hydrogen) atoms. The van der Waals surface area contributed by atoms with E-state index in [1.165, 1.54) is 5.56 Å². The third-order valence-corrected chi connectivity index (χ3v) is 6.34. The number of piperidine rings is 1. The van der Waals surface area contributed by atoms with Crippen molar-refractivity contribution in [2.45, 2.75) is 37.9 Å². The largest absolute Gasteiger partial charge is 0.507 e. The summed E-state index contributed by atoms with van der Waals surface area (Å²) in [7, 11) is 1.68. The van der Waals surface area contributed by atoms with Gasteiger partial charge in [0.25, 0.3) is 0 Å². The summed E-state index contributed by atoms with van der Waals surface area (Å²) in [4.78, 5) is 7.61. The van der Waals surface area contributed by atoms with Crippen LogP contribution < -0.4 is 10.1 Å². The highest BCUT2D eigenvalue weighted by Crippen LogP contribution is 2.37. The summed E-state index contributed by atoms with van der Waals surface area (Å²) >= 11 is 6.24. The fraction of sp³-hybridized carbons (Fsp3) is 0.435. The number of ether oxygens (including phenoxy) is 1. The zero-order valence-corrected chi connectivity index (χ0v) is 17.7. The van der Waals surface area contributed by atoms with Crippen LogP contribution in [0.4, 0.5) is 0 Å². The molecule has 2 aliphatic heterocycles. The van der Waals surface area contributed by atoms with E-state index in [1.54, 1.807) is 19.2 Å². The van der Waals surface area contributed by atoms with E-state index in [-0.39, 0.29) is 17.5 Å². The molecule has 1 fully saturated rings. The van der Waals surface area contributed by atoms with E-state index in [9.17, 15) is 5.11 Å². The fourth-order valence-electron chi connectivity index (χ4n) is 4.35. The van der Waals surface area contributed by atoms with Gasteiger partial charge in [-0.05, 0) is 55.3 Å². The number of phenolic OH excluding ortho intramolecular Hbond substituents is 1. The van der Waals surface area contributed by atoms with Gasteiger partial charge in [0.1, 0.15) is 17.2 Å². The summed E-state index contributed by atoms with van der Waals surface area (Å²) < 4.78 is 5.31. The number of likely N-dealkylation sites (tertiary alicyclic amines) is 1. The van der Waals surface area contributed by atoms with Crippen LogP contribution in [0, 0.1) is 0 Å². The molecule has 0 bridgehead atoms. The first kappa shape index (κ1) is 20.2. The summed E-state index contributed by atoms with van der Waals surface area (Å²) in [5, 5.41) is 14.9. The highest BCUT2D eigenvalue weighted by atomic mass is 35.5. The topological polar surface area (TPSA) is 57.1 Å². The normalized spacial score (nSPS) is 21.8. The van der Waals surface area contributed by atoms with Crippen LogP contribution in [-0.4, -0.2) is 48.1 Å². The fourth-order valence-corrected chi connectivity index (χ4v) is 4.52. The predicted molar refractivity (Wildman–Crippen MR) is 117 cm³/mol. The Hall–Kier alpha value is -2.08. The third-order valence-electron chi connectivity index (χ3n) is 6.11. The van der Waals surface area contributed by atoms with E-state index >= 15 is 0 Å². The molecule has 154 valence electrons. The first-order valence-electron chi connectivity index (χ1n) is 10.2. The van der Waals surface area contributed by atoms with Crippen molar-refractivity contribution in [2.24, 2.45) is 4.99 Å². The standard InChI is InChI=1S/C23H28ClN3O2/c1-3-27-12-10-23(11-13-27)25-20(16-4-7-18(29-2)8-5-16)15-21(26-23)19-14-17(24)6-9-22(19)28/h4-9,14,20,25,28H,3,10-13,15H2,1-2H3/t20-/m1/s1. The maximum absolute atomic E-state index is 10.5. The molecule has 2 N–H and O–H groups in total. The van der Waals surface area contributed by atoms with Crippen molar-refractivity contribution < 1.29 is 9.84 Å². The Morgan fingerprint density at radius 1 is 1.21 bits per heavy atom. The molecule has 2 aliphatic rings. The molecule has 0 aromatic heterocycles. The Balaban J connectivity index is 1.71. The number of rotatable bonds is 4. The van der Waals surface area contributed by atoms with Gasteiger partial charge >= 0.3 is 0 Å². The molecule has 0 amide bonds. The Labute approximate surface area is 177 Å². The van der Waals surface area contributed by atoms with Crippen LogP contribution in [0.5, 0.6) is 11.5 Å². The van der Waals surface area contributed by atoms with Crippen molar-refractivity contribution in [3.8, 4) is 11.5 Å². The third kappa shape index (κ3) is 4.27. The molecule has 0 radical (unpaired) electrons. The van der Waals surface area contributed by atoms with Gasteiger partial charge < -0.3 is 14.7 Å². The van der Waals surface area contributed by atoms with Crippen molar-refractivity contribution >= 4 is 17.3 Å². The smallest absolute Gasteiger partial charge is 0.124 e. The second-order valence-electron chi connectivity index (χ2n) is 7.86. The van der Waals surface area contributed by atoms with E-state index in [2.05, 4.69) is 29.3 Å². The zero-order valence-electron chi connectivity index (χ0n) is 17.0. The quantitative estimate of drug-likeness (QED) is 0.780. The van der Waals surface area contributed by atoms with Crippen molar-refractivity contribution in [3.05, 3.63) is 58.6 Å². The van der Waals surface area contributed by atoms with E-state index in [0.717, 1.165) is 49.5 Å². The van der Waals surface area contributed by atoms with Gasteiger partial charge in [0.15, 0.2) is 0 Å². The van der Waals surface area contributed by atoms with E-state index in [1.807, 2.05) is 18.2 Å². The van der Waals surface area contributed by atoms with Gasteiger partial charge in [0.2, 0.25) is 0 Å². The summed E-state index contributed by atoms with van der Waals surface area (Å²) in [6, 6.07) is 13.5. The lowest BCUT2D eigenvalue weighted by atomic mass is 9.87. The van der Waals surface area contributed by atoms with E-state index < -0.39 is 0 Å². The van der Waals surface area contributed by atoms with Gasteiger partial charge in [-0.1, -0.05) is 30.7 Å². The first-order valence-corrected chi connectivity index (χ1v) is 10.6. The van der Waals surface area contributed by atoms with Crippen LogP contribution in [0.25, 0.3) is 0 Å². The molecule has 4 rings (SSSR count). The Morgan fingerprint density at radius 3 is 2.59 bits per heavy atom. The average molecular weight is 414 g/mol. The van der Waals surface area contributed by atoms with Gasteiger partial charge in [-0.2, -0.15) is 0 Å². The van der Waals surface area contributed by atoms with Crippen LogP contribution in [0.3, 0.4) is 0 Å². The maximum atomic E-state index is 10.5. The summed E-state index contributed by atoms with van der Waals surface area (Å²) in [5.74, 6) is 1.07. The number of nitrogens with one attached hydrogen (secondary N) is 1. The Kier molecular flexibility index (Phi) is 5.81. The molecular weight excluding hydrogens is 386 g/mol. The molecule has 0 aliphatic carbocycles. The number of halogens is 1. The molecule has 0 unspecified atom stereocenters. The minimum atomic E-state index is -0.321. The summed E-state index contributed by atoms with van der Waals surface area (Å²) in [5.41, 5.74) is 2.51. The van der Waals surface area contributed by atoms with Crippen molar-refractivity contribution in [3.63, 3.8) is 0 Å². The van der Waals surface area contributed by atoms with Crippen LogP contribution in [-0.2, 0) is 0 Å². The highest BCUT2D eigenvalue weighted by Gasteiger charge is 2.40. The number of nitrogens with zero attached hydrogens (tertiary/aromatic N) is 2. The molecular formula is C23H28ClN3O2. The second kappa shape index (κ2) is 8.34. The molecule has 1 spiro atoms. The number of aromatic hydroxyl groups is 1. The maximum Gasteiger partial charge on any atom is 0.124 e. The molecule has 0 saturated carbocycles.